The van der Waals surface area contributed by atoms with Crippen LogP contribution in [-0.4, -0.2) is 4.92 Å². The molecule has 0 bridgehead atoms. The van der Waals surface area contributed by atoms with Gasteiger partial charge in [0.1, 0.15) is 0 Å². The van der Waals surface area contributed by atoms with Gasteiger partial charge in [-0.3, -0.25) is 14.5 Å². The van der Waals surface area contributed by atoms with Crippen molar-refractivity contribution in [2.75, 3.05) is 4.41 Å². The van der Waals surface area contributed by atoms with E-state index in [9.17, 15) is 10.1 Å². The fraction of sp³-hybridized carbons (Fsp3) is 0.143. The first-order valence-corrected chi connectivity index (χ1v) is 4.58. The van der Waals surface area contributed by atoms with E-state index in [4.69, 9.17) is 5.84 Å². The van der Waals surface area contributed by atoms with E-state index in [-0.39, 0.29) is 5.69 Å². The minimum atomic E-state index is -0.399. The number of hydrogen-bond acceptors (Lipinski definition) is 5. The Bertz CT molecular complexity index is 369. The molecule has 6 heteroatoms. The van der Waals surface area contributed by atoms with Gasteiger partial charge in [0.05, 0.1) is 10.6 Å². The number of benzene rings is 1. The molecule has 5 nitrogen and oxygen atoms in total. The number of non-ortho nitro benzene ring substituents is 1. The Morgan fingerprint density at radius 2 is 2.38 bits per heavy atom. The van der Waals surface area contributed by atoms with Crippen LogP contribution >= 0.6 is 11.9 Å². The third-order valence-electron chi connectivity index (χ3n) is 1.87. The molecule has 1 aromatic carbocycles. The molecule has 1 heterocycles. The lowest BCUT2D eigenvalue weighted by atomic mass is 10.2. The maximum atomic E-state index is 10.4. The molecule has 0 unspecified atom stereocenters. The Morgan fingerprint density at radius 1 is 1.62 bits per heavy atom. The third kappa shape index (κ3) is 1.34. The van der Waals surface area contributed by atoms with E-state index < -0.39 is 4.92 Å². The van der Waals surface area contributed by atoms with Gasteiger partial charge in [-0.15, -0.1) is 0 Å². The van der Waals surface area contributed by atoms with Gasteiger partial charge < -0.3 is 0 Å². The van der Waals surface area contributed by atoms with Crippen LogP contribution in [0.2, 0.25) is 0 Å². The average Bonchev–Trinajstić information content (AvgIpc) is 2.47. The van der Waals surface area contributed by atoms with Gasteiger partial charge in [0.25, 0.3) is 5.69 Å². The highest BCUT2D eigenvalue weighted by atomic mass is 32.2. The maximum Gasteiger partial charge on any atom is 0.269 e. The van der Waals surface area contributed by atoms with Crippen LogP contribution in [0.25, 0.3) is 0 Å². The summed E-state index contributed by atoms with van der Waals surface area (Å²) in [6.45, 7) is 0. The van der Waals surface area contributed by atoms with Gasteiger partial charge in [-0.1, -0.05) is 0 Å². The number of nitrogens with two attached hydrogens (primary N) is 1. The molecule has 0 atom stereocenters. The molecule has 0 amide bonds. The van der Waals surface area contributed by atoms with Crippen LogP contribution in [0.5, 0.6) is 0 Å². The van der Waals surface area contributed by atoms with Crippen molar-refractivity contribution in [3.05, 3.63) is 33.9 Å². The Kier molecular flexibility index (Phi) is 1.86. The lowest BCUT2D eigenvalue weighted by Gasteiger charge is -2.08. The zero-order chi connectivity index (χ0) is 9.42. The minimum Gasteiger partial charge on any atom is -0.258 e. The zero-order valence-electron chi connectivity index (χ0n) is 6.64. The van der Waals surface area contributed by atoms with Gasteiger partial charge in [-0.25, -0.2) is 5.84 Å². The molecule has 1 aliphatic rings. The van der Waals surface area contributed by atoms with Crippen LogP contribution in [0.4, 0.5) is 11.4 Å². The first-order chi connectivity index (χ1) is 6.18. The Hall–Kier alpha value is -1.27. The van der Waals surface area contributed by atoms with E-state index in [0.29, 0.717) is 5.75 Å². The van der Waals surface area contributed by atoms with Gasteiger partial charge in [-0.05, 0) is 23.6 Å². The van der Waals surface area contributed by atoms with Crippen molar-refractivity contribution < 1.29 is 4.92 Å². The molecule has 1 aromatic rings. The fourth-order valence-electron chi connectivity index (χ4n) is 1.22. The molecule has 13 heavy (non-hydrogen) atoms. The number of fused-ring (bicyclic) bond motifs is 1. The van der Waals surface area contributed by atoms with Crippen molar-refractivity contribution in [1.82, 2.24) is 0 Å². The van der Waals surface area contributed by atoms with Gasteiger partial charge in [0.15, 0.2) is 0 Å². The predicted octanol–water partition coefficient (Wildman–Crippen LogP) is 1.44. The molecule has 2 rings (SSSR count). The molecule has 0 radical (unpaired) electrons. The summed E-state index contributed by atoms with van der Waals surface area (Å²) in [5.74, 6) is 6.30. The molecular weight excluding hydrogens is 190 g/mol. The highest BCUT2D eigenvalue weighted by Crippen LogP contribution is 2.36. The molecule has 0 saturated carbocycles. The molecule has 1 aliphatic heterocycles. The Morgan fingerprint density at radius 3 is 3.08 bits per heavy atom. The van der Waals surface area contributed by atoms with Crippen molar-refractivity contribution in [2.45, 2.75) is 5.75 Å². The van der Waals surface area contributed by atoms with E-state index in [2.05, 4.69) is 0 Å². The summed E-state index contributed by atoms with van der Waals surface area (Å²) >= 11 is 1.43. The average molecular weight is 197 g/mol. The molecular formula is C7H7N3O2S. The van der Waals surface area contributed by atoms with Gasteiger partial charge in [-0.2, -0.15) is 0 Å². The summed E-state index contributed by atoms with van der Waals surface area (Å²) in [5, 5.41) is 10.4. The van der Waals surface area contributed by atoms with Gasteiger partial charge in [0.2, 0.25) is 0 Å². The molecule has 68 valence electrons. The number of nitrogens with zero attached hydrogens (tertiary/aromatic N) is 2. The molecule has 2 N–H and O–H groups in total. The van der Waals surface area contributed by atoms with Crippen LogP contribution in [0.1, 0.15) is 5.56 Å². The number of nitro groups is 1. The van der Waals surface area contributed by atoms with Crippen LogP contribution in [0, 0.1) is 10.1 Å². The summed E-state index contributed by atoms with van der Waals surface area (Å²) in [6.07, 6.45) is 0. The largest absolute Gasteiger partial charge is 0.269 e. The first-order valence-electron chi connectivity index (χ1n) is 3.63. The van der Waals surface area contributed by atoms with Crippen molar-refractivity contribution in [3.63, 3.8) is 0 Å². The van der Waals surface area contributed by atoms with E-state index in [1.807, 2.05) is 0 Å². The van der Waals surface area contributed by atoms with Crippen LogP contribution < -0.4 is 10.3 Å². The SMILES string of the molecule is NN1SCc2cc([N+](=O)[O-])ccc21. The first kappa shape index (κ1) is 8.33. The molecule has 0 aromatic heterocycles. The molecule has 0 spiro atoms. The van der Waals surface area contributed by atoms with Crippen molar-refractivity contribution in [1.29, 1.82) is 0 Å². The third-order valence-corrected chi connectivity index (χ3v) is 2.79. The summed E-state index contributed by atoms with van der Waals surface area (Å²) in [7, 11) is 0. The van der Waals surface area contributed by atoms with E-state index >= 15 is 0 Å². The highest BCUT2D eigenvalue weighted by molar-refractivity contribution is 8.00. The smallest absolute Gasteiger partial charge is 0.258 e. The molecule has 0 saturated heterocycles. The van der Waals surface area contributed by atoms with E-state index in [1.165, 1.54) is 22.4 Å². The van der Waals surface area contributed by atoms with Crippen molar-refractivity contribution >= 4 is 23.3 Å². The number of anilines is 1. The standard InChI is InChI=1S/C7H7N3O2S/c8-9-7-2-1-6(10(11)12)3-5(7)4-13-9/h1-3H,4,8H2. The second-order valence-electron chi connectivity index (χ2n) is 2.67. The van der Waals surface area contributed by atoms with Crippen molar-refractivity contribution in [2.24, 2.45) is 5.84 Å². The lowest BCUT2D eigenvalue weighted by molar-refractivity contribution is -0.384. The van der Waals surface area contributed by atoms with E-state index in [0.717, 1.165) is 11.3 Å². The topological polar surface area (TPSA) is 72.4 Å². The number of hydrazine groups is 1. The van der Waals surface area contributed by atoms with Crippen LogP contribution in [-0.2, 0) is 5.75 Å². The fourth-order valence-corrected chi connectivity index (χ4v) is 2.05. The molecule has 0 aliphatic carbocycles. The Balaban J connectivity index is 2.45. The summed E-state index contributed by atoms with van der Waals surface area (Å²) in [4.78, 5) is 10.0. The highest BCUT2D eigenvalue weighted by Gasteiger charge is 2.19. The van der Waals surface area contributed by atoms with E-state index in [1.54, 1.807) is 12.1 Å². The zero-order valence-corrected chi connectivity index (χ0v) is 7.45. The number of hydrogen-bond donors (Lipinski definition) is 1. The maximum absolute atomic E-state index is 10.4. The second kappa shape index (κ2) is 2.90. The van der Waals surface area contributed by atoms with Crippen molar-refractivity contribution in [3.8, 4) is 0 Å². The lowest BCUT2D eigenvalue weighted by Crippen LogP contribution is -2.18. The molecule has 0 fully saturated rings. The van der Waals surface area contributed by atoms with Gasteiger partial charge in [0, 0.05) is 17.9 Å². The number of nitro benzene ring substituents is 1. The van der Waals surface area contributed by atoms with Gasteiger partial charge >= 0.3 is 0 Å². The summed E-state index contributed by atoms with van der Waals surface area (Å²) in [5.41, 5.74) is 1.90. The minimum absolute atomic E-state index is 0.120. The second-order valence-corrected chi connectivity index (χ2v) is 3.61. The Labute approximate surface area is 78.8 Å². The quantitative estimate of drug-likeness (QED) is 0.319. The monoisotopic (exact) mass is 197 g/mol. The van der Waals surface area contributed by atoms with Crippen LogP contribution in [0.3, 0.4) is 0 Å². The normalized spacial score (nSPS) is 14.4. The number of rotatable bonds is 1. The summed E-state index contributed by atoms with van der Waals surface area (Å²) < 4.78 is 1.53. The summed E-state index contributed by atoms with van der Waals surface area (Å²) in [6, 6.07) is 4.70. The predicted molar refractivity (Wildman–Crippen MR) is 51.1 cm³/mol. The van der Waals surface area contributed by atoms with Crippen LogP contribution in [0.15, 0.2) is 18.2 Å².